The van der Waals surface area contributed by atoms with E-state index in [2.05, 4.69) is 20.6 Å². The van der Waals surface area contributed by atoms with Crippen LogP contribution in [0.15, 0.2) is 30.3 Å². The van der Waals surface area contributed by atoms with Gasteiger partial charge in [-0.25, -0.2) is 9.97 Å². The number of aromatic nitrogens is 2. The summed E-state index contributed by atoms with van der Waals surface area (Å²) >= 11 is 6.13. The number of aryl methyl sites for hydroxylation is 1. The van der Waals surface area contributed by atoms with Crippen molar-refractivity contribution >= 4 is 23.5 Å². The maximum atomic E-state index is 12.1. The molecular formula is C17H21ClN4O. The number of halogens is 1. The second kappa shape index (κ2) is 7.92. The lowest BCUT2D eigenvalue weighted by Crippen LogP contribution is -2.28. The lowest BCUT2D eigenvalue weighted by Gasteiger charge is -2.10. The van der Waals surface area contributed by atoms with Crippen molar-refractivity contribution in [1.82, 2.24) is 15.3 Å². The molecule has 1 heterocycles. The van der Waals surface area contributed by atoms with Gasteiger partial charge in [0.25, 0.3) is 5.91 Å². The normalized spacial score (nSPS) is 10.7. The van der Waals surface area contributed by atoms with Crippen LogP contribution < -0.4 is 10.6 Å². The van der Waals surface area contributed by atoms with E-state index in [0.717, 1.165) is 11.3 Å². The van der Waals surface area contributed by atoms with E-state index in [1.807, 2.05) is 45.0 Å². The minimum absolute atomic E-state index is 0.190. The summed E-state index contributed by atoms with van der Waals surface area (Å²) in [6, 6.07) is 9.25. The number of nitrogens with one attached hydrogen (secondary N) is 2. The molecule has 6 heteroatoms. The van der Waals surface area contributed by atoms with Gasteiger partial charge in [0.15, 0.2) is 0 Å². The highest BCUT2D eigenvalue weighted by Crippen LogP contribution is 2.16. The van der Waals surface area contributed by atoms with Crippen molar-refractivity contribution in [3.8, 4) is 0 Å². The molecule has 1 aromatic carbocycles. The molecule has 0 fully saturated rings. The van der Waals surface area contributed by atoms with Crippen molar-refractivity contribution in [3.05, 3.63) is 52.3 Å². The quantitative estimate of drug-likeness (QED) is 0.850. The van der Waals surface area contributed by atoms with Crippen molar-refractivity contribution < 1.29 is 4.79 Å². The van der Waals surface area contributed by atoms with Crippen LogP contribution in [0.25, 0.3) is 0 Å². The number of hydrogen-bond donors (Lipinski definition) is 2. The number of carbonyl (C=O) groups is 1. The number of rotatable bonds is 6. The van der Waals surface area contributed by atoms with E-state index in [0.29, 0.717) is 35.7 Å². The zero-order valence-electron chi connectivity index (χ0n) is 13.6. The van der Waals surface area contributed by atoms with E-state index in [9.17, 15) is 4.79 Å². The van der Waals surface area contributed by atoms with Crippen LogP contribution in [-0.4, -0.2) is 22.4 Å². The number of carbonyl (C=O) groups excluding carboxylic acids is 1. The summed E-state index contributed by atoms with van der Waals surface area (Å²) in [5.74, 6) is 0.615. The van der Waals surface area contributed by atoms with E-state index in [-0.39, 0.29) is 5.91 Å². The summed E-state index contributed by atoms with van der Waals surface area (Å²) in [6.07, 6.45) is 0. The van der Waals surface area contributed by atoms with Crippen LogP contribution in [-0.2, 0) is 6.54 Å². The average molecular weight is 333 g/mol. The Kier molecular flexibility index (Phi) is 5.93. The molecule has 0 aliphatic carbocycles. The maximum absolute atomic E-state index is 12.1. The van der Waals surface area contributed by atoms with Gasteiger partial charge >= 0.3 is 0 Å². The number of benzene rings is 1. The van der Waals surface area contributed by atoms with Gasteiger partial charge in [0.2, 0.25) is 5.95 Å². The summed E-state index contributed by atoms with van der Waals surface area (Å²) in [4.78, 5) is 20.7. The molecular weight excluding hydrogens is 312 g/mol. The molecule has 0 saturated heterocycles. The van der Waals surface area contributed by atoms with Gasteiger partial charge < -0.3 is 10.6 Å². The summed E-state index contributed by atoms with van der Waals surface area (Å²) in [5.41, 5.74) is 2.04. The summed E-state index contributed by atoms with van der Waals surface area (Å²) in [6.45, 7) is 7.03. The van der Waals surface area contributed by atoms with E-state index >= 15 is 0 Å². The van der Waals surface area contributed by atoms with Crippen molar-refractivity contribution in [2.45, 2.75) is 27.3 Å². The van der Waals surface area contributed by atoms with Crippen LogP contribution in [0.2, 0.25) is 5.02 Å². The number of amides is 1. The first-order valence-electron chi connectivity index (χ1n) is 7.57. The van der Waals surface area contributed by atoms with Crippen LogP contribution >= 0.6 is 11.6 Å². The third-order valence-electron chi connectivity index (χ3n) is 3.15. The van der Waals surface area contributed by atoms with Gasteiger partial charge in [-0.2, -0.15) is 0 Å². The number of nitrogens with zero attached hydrogens (tertiary/aromatic N) is 2. The van der Waals surface area contributed by atoms with Crippen molar-refractivity contribution in [1.29, 1.82) is 0 Å². The molecule has 122 valence electrons. The summed E-state index contributed by atoms with van der Waals surface area (Å²) in [7, 11) is 0. The van der Waals surface area contributed by atoms with Crippen LogP contribution in [0.1, 0.15) is 35.6 Å². The standard InChI is InChI=1S/C17H21ClN4O/c1-11(2)9-19-16(23)15-8-12(3)21-17(22-15)20-10-13-6-4-5-7-14(13)18/h4-8,11H,9-10H2,1-3H3,(H,19,23)(H,20,21,22). The lowest BCUT2D eigenvalue weighted by atomic mass is 10.2. The van der Waals surface area contributed by atoms with Crippen LogP contribution in [0.4, 0.5) is 5.95 Å². The average Bonchev–Trinajstić information content (AvgIpc) is 2.51. The molecule has 0 unspecified atom stereocenters. The minimum atomic E-state index is -0.190. The Morgan fingerprint density at radius 3 is 2.70 bits per heavy atom. The Hall–Kier alpha value is -2.14. The fraction of sp³-hybridized carbons (Fsp3) is 0.353. The molecule has 5 nitrogen and oxygen atoms in total. The van der Waals surface area contributed by atoms with E-state index in [1.54, 1.807) is 6.07 Å². The predicted molar refractivity (Wildman–Crippen MR) is 92.7 cm³/mol. The Labute approximate surface area is 141 Å². The van der Waals surface area contributed by atoms with Crippen LogP contribution in [0, 0.1) is 12.8 Å². The maximum Gasteiger partial charge on any atom is 0.270 e. The molecule has 1 amide bonds. The summed E-state index contributed by atoms with van der Waals surface area (Å²) in [5, 5.41) is 6.66. The van der Waals surface area contributed by atoms with Gasteiger partial charge in [0, 0.05) is 23.8 Å². The smallest absolute Gasteiger partial charge is 0.270 e. The van der Waals surface area contributed by atoms with Gasteiger partial charge in [0.1, 0.15) is 5.69 Å². The molecule has 0 radical (unpaired) electrons. The van der Waals surface area contributed by atoms with Crippen molar-refractivity contribution in [2.24, 2.45) is 5.92 Å². The molecule has 2 rings (SSSR count). The SMILES string of the molecule is Cc1cc(C(=O)NCC(C)C)nc(NCc2ccccc2Cl)n1. The lowest BCUT2D eigenvalue weighted by molar-refractivity contribution is 0.0944. The van der Waals surface area contributed by atoms with E-state index in [1.165, 1.54) is 0 Å². The second-order valence-corrected chi connectivity index (χ2v) is 6.17. The Balaban J connectivity index is 2.08. The molecule has 0 bridgehead atoms. The molecule has 0 saturated carbocycles. The summed E-state index contributed by atoms with van der Waals surface area (Å²) < 4.78 is 0. The van der Waals surface area contributed by atoms with Crippen LogP contribution in [0.5, 0.6) is 0 Å². The fourth-order valence-corrected chi connectivity index (χ4v) is 2.17. The van der Waals surface area contributed by atoms with Gasteiger partial charge in [-0.15, -0.1) is 0 Å². The van der Waals surface area contributed by atoms with Crippen molar-refractivity contribution in [2.75, 3.05) is 11.9 Å². The molecule has 0 atom stereocenters. The molecule has 0 aliphatic rings. The first kappa shape index (κ1) is 17.2. The van der Waals surface area contributed by atoms with E-state index < -0.39 is 0 Å². The number of anilines is 1. The third kappa shape index (κ3) is 5.21. The topological polar surface area (TPSA) is 66.9 Å². The monoisotopic (exact) mass is 332 g/mol. The third-order valence-corrected chi connectivity index (χ3v) is 3.52. The number of hydrogen-bond acceptors (Lipinski definition) is 4. The largest absolute Gasteiger partial charge is 0.350 e. The fourth-order valence-electron chi connectivity index (χ4n) is 1.97. The van der Waals surface area contributed by atoms with Gasteiger partial charge in [-0.1, -0.05) is 43.6 Å². The highest BCUT2D eigenvalue weighted by atomic mass is 35.5. The molecule has 0 aliphatic heterocycles. The second-order valence-electron chi connectivity index (χ2n) is 5.77. The first-order valence-corrected chi connectivity index (χ1v) is 7.94. The first-order chi connectivity index (χ1) is 11.0. The Morgan fingerprint density at radius 2 is 2.00 bits per heavy atom. The van der Waals surface area contributed by atoms with E-state index in [4.69, 9.17) is 11.6 Å². The Bertz CT molecular complexity index is 688. The van der Waals surface area contributed by atoms with Gasteiger partial charge in [-0.05, 0) is 30.5 Å². The molecule has 1 aromatic heterocycles. The zero-order chi connectivity index (χ0) is 16.8. The highest BCUT2D eigenvalue weighted by Gasteiger charge is 2.11. The zero-order valence-corrected chi connectivity index (χ0v) is 14.3. The minimum Gasteiger partial charge on any atom is -0.350 e. The Morgan fingerprint density at radius 1 is 1.26 bits per heavy atom. The predicted octanol–water partition coefficient (Wildman–Crippen LogP) is 3.44. The molecule has 23 heavy (non-hydrogen) atoms. The van der Waals surface area contributed by atoms with Gasteiger partial charge in [0.05, 0.1) is 0 Å². The molecule has 2 aromatic rings. The van der Waals surface area contributed by atoms with Crippen molar-refractivity contribution in [3.63, 3.8) is 0 Å². The molecule has 0 spiro atoms. The van der Waals surface area contributed by atoms with Crippen LogP contribution in [0.3, 0.4) is 0 Å². The highest BCUT2D eigenvalue weighted by molar-refractivity contribution is 6.31. The van der Waals surface area contributed by atoms with Gasteiger partial charge in [-0.3, -0.25) is 4.79 Å². The molecule has 2 N–H and O–H groups in total.